The molecule has 2 aliphatic rings. The molecule has 1 atom stereocenters. The molecule has 2 aromatic rings. The minimum atomic E-state index is 0.0640. The first-order valence-corrected chi connectivity index (χ1v) is 11.4. The number of benzene rings is 1. The lowest BCUT2D eigenvalue weighted by Crippen LogP contribution is -2.39. The van der Waals surface area contributed by atoms with Gasteiger partial charge in [-0.05, 0) is 71.8 Å². The number of pyridine rings is 1. The van der Waals surface area contributed by atoms with Gasteiger partial charge < -0.3 is 4.90 Å². The van der Waals surface area contributed by atoms with Gasteiger partial charge in [0.2, 0.25) is 5.91 Å². The van der Waals surface area contributed by atoms with Crippen molar-refractivity contribution in [3.63, 3.8) is 0 Å². The lowest BCUT2D eigenvalue weighted by molar-refractivity contribution is -0.133. The maximum atomic E-state index is 13.0. The van der Waals surface area contributed by atoms with Gasteiger partial charge in [-0.25, -0.2) is 0 Å². The van der Waals surface area contributed by atoms with E-state index in [4.69, 9.17) is 11.6 Å². The zero-order chi connectivity index (χ0) is 19.7. The number of nitrogens with zero attached hydrogens (tertiary/aromatic N) is 2. The third-order valence-electron chi connectivity index (χ3n) is 6.24. The maximum Gasteiger partial charge on any atom is 0.226 e. The third kappa shape index (κ3) is 3.99. The summed E-state index contributed by atoms with van der Waals surface area (Å²) in [5.74, 6) is 0.393. The summed E-state index contributed by atoms with van der Waals surface area (Å²) >= 11 is 10.2. The molecule has 2 fully saturated rings. The normalized spacial score (nSPS) is 20.8. The number of carbonyl (C=O) groups is 1. The molecule has 1 aromatic carbocycles. The first-order valence-electron chi connectivity index (χ1n) is 10.2. The Kier molecular flexibility index (Phi) is 6.07. The molecule has 0 spiro atoms. The van der Waals surface area contributed by atoms with Gasteiger partial charge in [-0.1, -0.05) is 43.0 Å². The van der Waals surface area contributed by atoms with Crippen molar-refractivity contribution in [2.24, 2.45) is 5.92 Å². The quantitative estimate of drug-likeness (QED) is 0.543. The number of hydrogen-bond acceptors (Lipinski definition) is 2. The van der Waals surface area contributed by atoms with Crippen molar-refractivity contribution in [3.05, 3.63) is 51.1 Å². The second-order valence-corrected chi connectivity index (χ2v) is 9.31. The molecule has 1 amide bonds. The Morgan fingerprint density at radius 3 is 2.71 bits per heavy atom. The molecule has 1 aliphatic carbocycles. The number of rotatable bonds is 4. The molecule has 0 bridgehead atoms. The Morgan fingerprint density at radius 2 is 1.96 bits per heavy atom. The fourth-order valence-electron chi connectivity index (χ4n) is 4.57. The van der Waals surface area contributed by atoms with Crippen molar-refractivity contribution in [3.8, 4) is 11.3 Å². The van der Waals surface area contributed by atoms with Gasteiger partial charge in [0.15, 0.2) is 0 Å². The summed E-state index contributed by atoms with van der Waals surface area (Å²) in [6.45, 7) is 2.96. The predicted octanol–water partition coefficient (Wildman–Crippen LogP) is 6.20. The minimum Gasteiger partial charge on any atom is -0.339 e. The summed E-state index contributed by atoms with van der Waals surface area (Å²) < 4.78 is 0.993. The van der Waals surface area contributed by atoms with Gasteiger partial charge in [-0.15, -0.1) is 0 Å². The molecular weight excluding hydrogens is 436 g/mol. The zero-order valence-electron chi connectivity index (χ0n) is 16.3. The monoisotopic (exact) mass is 460 g/mol. The molecule has 0 radical (unpaired) electrons. The lowest BCUT2D eigenvalue weighted by atomic mass is 9.94. The van der Waals surface area contributed by atoms with E-state index in [1.54, 1.807) is 0 Å². The highest BCUT2D eigenvalue weighted by Gasteiger charge is 2.36. The maximum absolute atomic E-state index is 13.0. The summed E-state index contributed by atoms with van der Waals surface area (Å²) in [5.41, 5.74) is 4.09. The van der Waals surface area contributed by atoms with Crippen LogP contribution in [-0.2, 0) is 11.2 Å². The van der Waals surface area contributed by atoms with E-state index >= 15 is 0 Å². The van der Waals surface area contributed by atoms with Crippen LogP contribution in [0.1, 0.15) is 49.7 Å². The first kappa shape index (κ1) is 19.9. The van der Waals surface area contributed by atoms with Crippen LogP contribution < -0.4 is 0 Å². The molecule has 1 unspecified atom stereocenters. The van der Waals surface area contributed by atoms with Crippen LogP contribution in [0.15, 0.2) is 34.9 Å². The van der Waals surface area contributed by atoms with Crippen LogP contribution in [0.2, 0.25) is 5.02 Å². The van der Waals surface area contributed by atoms with Gasteiger partial charge in [0.25, 0.3) is 0 Å². The molecule has 1 saturated carbocycles. The second kappa shape index (κ2) is 8.54. The van der Waals surface area contributed by atoms with Crippen molar-refractivity contribution in [1.82, 2.24) is 9.88 Å². The van der Waals surface area contributed by atoms with Crippen molar-refractivity contribution >= 4 is 33.4 Å². The van der Waals surface area contributed by atoms with Crippen LogP contribution in [0.25, 0.3) is 11.3 Å². The summed E-state index contributed by atoms with van der Waals surface area (Å²) in [6, 6.07) is 8.54. The Hall–Kier alpha value is -1.39. The molecule has 28 heavy (non-hydrogen) atoms. The van der Waals surface area contributed by atoms with Crippen LogP contribution >= 0.6 is 27.5 Å². The second-order valence-electron chi connectivity index (χ2n) is 8.11. The van der Waals surface area contributed by atoms with Crippen molar-refractivity contribution in [1.29, 1.82) is 0 Å². The van der Waals surface area contributed by atoms with E-state index in [0.717, 1.165) is 51.3 Å². The number of likely N-dealkylation sites (tertiary alicyclic amines) is 1. The molecule has 3 nitrogen and oxygen atoms in total. The van der Waals surface area contributed by atoms with E-state index in [1.807, 2.05) is 18.3 Å². The highest BCUT2D eigenvalue weighted by molar-refractivity contribution is 9.10. The molecule has 4 rings (SSSR count). The fourth-order valence-corrected chi connectivity index (χ4v) is 5.30. The topological polar surface area (TPSA) is 33.2 Å². The zero-order valence-corrected chi connectivity index (χ0v) is 18.6. The molecular formula is C23H26BrClN2O. The van der Waals surface area contributed by atoms with E-state index < -0.39 is 0 Å². The van der Waals surface area contributed by atoms with Crippen LogP contribution in [0.5, 0.6) is 0 Å². The lowest BCUT2D eigenvalue weighted by Gasteiger charge is -2.31. The Morgan fingerprint density at radius 1 is 1.18 bits per heavy atom. The average Bonchev–Trinajstić information content (AvgIpc) is 3.07. The van der Waals surface area contributed by atoms with Gasteiger partial charge in [-0.3, -0.25) is 9.78 Å². The highest BCUT2D eigenvalue weighted by Crippen LogP contribution is 2.34. The molecule has 1 aromatic heterocycles. The summed E-state index contributed by atoms with van der Waals surface area (Å²) in [7, 11) is 0. The SMILES string of the molecule is Cc1ccnc(-c2ccc(CC3CCN(C4CCCCC4)C3=O)c(Cl)c2)c1Br. The predicted molar refractivity (Wildman–Crippen MR) is 118 cm³/mol. The van der Waals surface area contributed by atoms with Gasteiger partial charge in [0, 0.05) is 39.8 Å². The van der Waals surface area contributed by atoms with Crippen LogP contribution in [0.4, 0.5) is 0 Å². The van der Waals surface area contributed by atoms with Crippen molar-refractivity contribution < 1.29 is 4.79 Å². The molecule has 148 valence electrons. The molecule has 2 heterocycles. The number of halogens is 2. The number of carbonyl (C=O) groups excluding carboxylic acids is 1. The number of amides is 1. The molecule has 0 N–H and O–H groups in total. The number of hydrogen-bond donors (Lipinski definition) is 0. The van der Waals surface area contributed by atoms with Crippen molar-refractivity contribution in [2.45, 2.75) is 57.9 Å². The van der Waals surface area contributed by atoms with Gasteiger partial charge in [-0.2, -0.15) is 0 Å². The van der Waals surface area contributed by atoms with Gasteiger partial charge >= 0.3 is 0 Å². The van der Waals surface area contributed by atoms with E-state index in [2.05, 4.69) is 44.9 Å². The molecule has 5 heteroatoms. The number of aryl methyl sites for hydroxylation is 1. The van der Waals surface area contributed by atoms with E-state index in [-0.39, 0.29) is 5.92 Å². The number of aromatic nitrogens is 1. The largest absolute Gasteiger partial charge is 0.339 e. The molecule has 1 saturated heterocycles. The summed E-state index contributed by atoms with van der Waals surface area (Å²) in [6.07, 6.45) is 9.66. The Balaban J connectivity index is 1.48. The van der Waals surface area contributed by atoms with Gasteiger partial charge in [0.05, 0.1) is 5.69 Å². The first-order chi connectivity index (χ1) is 13.5. The Bertz CT molecular complexity index is 879. The summed E-state index contributed by atoms with van der Waals surface area (Å²) in [4.78, 5) is 19.6. The van der Waals surface area contributed by atoms with Gasteiger partial charge in [0.1, 0.15) is 0 Å². The van der Waals surface area contributed by atoms with E-state index in [9.17, 15) is 4.79 Å². The van der Waals surface area contributed by atoms with Crippen LogP contribution in [0, 0.1) is 12.8 Å². The van der Waals surface area contributed by atoms with Crippen molar-refractivity contribution in [2.75, 3.05) is 6.54 Å². The fraction of sp³-hybridized carbons (Fsp3) is 0.478. The van der Waals surface area contributed by atoms with E-state index in [0.29, 0.717) is 11.9 Å². The minimum absolute atomic E-state index is 0.0640. The van der Waals surface area contributed by atoms with Crippen LogP contribution in [-0.4, -0.2) is 28.4 Å². The molecule has 1 aliphatic heterocycles. The Labute approximate surface area is 180 Å². The van der Waals surface area contributed by atoms with Crippen LogP contribution in [0.3, 0.4) is 0 Å². The summed E-state index contributed by atoms with van der Waals surface area (Å²) in [5, 5.41) is 0.719. The highest BCUT2D eigenvalue weighted by atomic mass is 79.9. The average molecular weight is 462 g/mol. The smallest absolute Gasteiger partial charge is 0.226 e. The standard InChI is InChI=1S/C23H26BrClN2O/c1-15-9-11-26-22(21(15)24)17-8-7-16(20(25)14-17)13-18-10-12-27(23(18)28)19-5-3-2-4-6-19/h7-9,11,14,18-19H,2-6,10,12-13H2,1H3. The third-order valence-corrected chi connectivity index (χ3v) is 7.59. The van der Waals surface area contributed by atoms with E-state index in [1.165, 1.54) is 32.1 Å².